The Balaban J connectivity index is 1.99. The number of rotatable bonds is 2. The lowest BCUT2D eigenvalue weighted by Crippen LogP contribution is -2.37. The Kier molecular flexibility index (Phi) is 3.36. The van der Waals surface area contributed by atoms with Crippen LogP contribution < -0.4 is 5.19 Å². The number of hydrogen-bond acceptors (Lipinski definition) is 2. The molecule has 0 fully saturated rings. The minimum Gasteiger partial charge on any atom is -0.256 e. The first-order valence-electron chi connectivity index (χ1n) is 7.91. The molecule has 0 radical (unpaired) electrons. The standard InChI is InChI=1S/C20H19NSSi/c1-23(2,3)19-11-7-10-15-16-13-21-17(12-18(16)22-20(15)19)14-8-5-4-6-9-14/h4-13H,1-3H3. The summed E-state index contributed by atoms with van der Waals surface area (Å²) in [6.45, 7) is 7.25. The SMILES string of the molecule is C[Si](C)(C)c1cccc2c1sc1cc(-c3ccccc3)ncc12. The molecule has 0 aliphatic carbocycles. The maximum absolute atomic E-state index is 4.71. The Labute approximate surface area is 141 Å². The molecule has 0 atom stereocenters. The third kappa shape index (κ3) is 2.50. The summed E-state index contributed by atoms with van der Waals surface area (Å²) in [5, 5.41) is 4.19. The van der Waals surface area contributed by atoms with Crippen molar-refractivity contribution in [2.75, 3.05) is 0 Å². The largest absolute Gasteiger partial charge is 0.256 e. The summed E-state index contributed by atoms with van der Waals surface area (Å²) >= 11 is 1.92. The minimum absolute atomic E-state index is 1.05. The summed E-state index contributed by atoms with van der Waals surface area (Å²) in [7, 11) is -1.35. The van der Waals surface area contributed by atoms with E-state index in [1.54, 1.807) is 5.19 Å². The van der Waals surface area contributed by atoms with Gasteiger partial charge < -0.3 is 0 Å². The molecule has 114 valence electrons. The molecule has 0 aliphatic rings. The molecule has 2 aromatic heterocycles. The second-order valence-corrected chi connectivity index (χ2v) is 13.1. The van der Waals surface area contributed by atoms with Crippen molar-refractivity contribution in [3.05, 3.63) is 60.8 Å². The molecule has 3 heteroatoms. The molecule has 2 aromatic carbocycles. The van der Waals surface area contributed by atoms with Crippen LogP contribution in [-0.2, 0) is 0 Å². The second kappa shape index (κ2) is 5.29. The maximum atomic E-state index is 4.71. The highest BCUT2D eigenvalue weighted by Gasteiger charge is 2.21. The summed E-state index contributed by atoms with van der Waals surface area (Å²) in [5.41, 5.74) is 2.23. The van der Waals surface area contributed by atoms with E-state index in [-0.39, 0.29) is 0 Å². The van der Waals surface area contributed by atoms with Crippen LogP contribution in [0.4, 0.5) is 0 Å². The number of thiophene rings is 1. The van der Waals surface area contributed by atoms with E-state index in [1.165, 1.54) is 25.7 Å². The Morgan fingerprint density at radius 2 is 1.65 bits per heavy atom. The van der Waals surface area contributed by atoms with Crippen LogP contribution in [0.15, 0.2) is 60.8 Å². The highest BCUT2D eigenvalue weighted by Crippen LogP contribution is 2.35. The minimum atomic E-state index is -1.35. The van der Waals surface area contributed by atoms with E-state index in [4.69, 9.17) is 4.98 Å². The molecular weight excluding hydrogens is 314 g/mol. The fourth-order valence-corrected chi connectivity index (χ4v) is 6.66. The van der Waals surface area contributed by atoms with E-state index in [1.807, 2.05) is 23.6 Å². The van der Waals surface area contributed by atoms with Gasteiger partial charge in [0.25, 0.3) is 0 Å². The van der Waals surface area contributed by atoms with E-state index >= 15 is 0 Å². The van der Waals surface area contributed by atoms with Gasteiger partial charge in [-0.15, -0.1) is 11.3 Å². The number of pyridine rings is 1. The van der Waals surface area contributed by atoms with Crippen molar-refractivity contribution in [1.82, 2.24) is 4.98 Å². The molecule has 0 unspecified atom stereocenters. The molecule has 0 aliphatic heterocycles. The molecule has 23 heavy (non-hydrogen) atoms. The molecule has 0 amide bonds. The van der Waals surface area contributed by atoms with Crippen LogP contribution in [0.1, 0.15) is 0 Å². The van der Waals surface area contributed by atoms with Crippen LogP contribution in [0.2, 0.25) is 19.6 Å². The van der Waals surface area contributed by atoms with Crippen LogP contribution in [-0.4, -0.2) is 13.1 Å². The van der Waals surface area contributed by atoms with Crippen molar-refractivity contribution >= 4 is 44.8 Å². The Hall–Kier alpha value is -1.97. The number of benzene rings is 2. The first-order chi connectivity index (χ1) is 11.0. The van der Waals surface area contributed by atoms with Gasteiger partial charge in [-0.2, -0.15) is 0 Å². The summed E-state index contributed by atoms with van der Waals surface area (Å²) in [6.07, 6.45) is 2.05. The highest BCUT2D eigenvalue weighted by atomic mass is 32.1. The number of nitrogens with zero attached hydrogens (tertiary/aromatic N) is 1. The van der Waals surface area contributed by atoms with Gasteiger partial charge in [-0.1, -0.05) is 68.2 Å². The van der Waals surface area contributed by atoms with Gasteiger partial charge in [-0.25, -0.2) is 0 Å². The number of fused-ring (bicyclic) bond motifs is 3. The molecule has 0 saturated heterocycles. The lowest BCUT2D eigenvalue weighted by Gasteiger charge is -2.17. The Morgan fingerprint density at radius 3 is 2.39 bits per heavy atom. The van der Waals surface area contributed by atoms with Gasteiger partial charge in [-0.05, 0) is 11.3 Å². The lowest BCUT2D eigenvalue weighted by atomic mass is 10.1. The fourth-order valence-electron chi connectivity index (χ4n) is 3.05. The van der Waals surface area contributed by atoms with E-state index in [9.17, 15) is 0 Å². The third-order valence-corrected chi connectivity index (χ3v) is 7.68. The Morgan fingerprint density at radius 1 is 0.870 bits per heavy atom. The smallest absolute Gasteiger partial charge is 0.0794 e. The molecular formula is C20H19NSSi. The quantitative estimate of drug-likeness (QED) is 0.431. The summed E-state index contributed by atoms with van der Waals surface area (Å²) in [4.78, 5) is 4.71. The molecule has 2 heterocycles. The van der Waals surface area contributed by atoms with Gasteiger partial charge >= 0.3 is 0 Å². The predicted octanol–water partition coefficient (Wildman–Crippen LogP) is 5.66. The van der Waals surface area contributed by atoms with Crippen LogP contribution in [0.3, 0.4) is 0 Å². The Bertz CT molecular complexity index is 997. The number of hydrogen-bond donors (Lipinski definition) is 0. The van der Waals surface area contributed by atoms with E-state index in [0.29, 0.717) is 0 Å². The average Bonchev–Trinajstić information content (AvgIpc) is 2.92. The normalized spacial score (nSPS) is 12.1. The molecule has 4 aromatic rings. The summed E-state index contributed by atoms with van der Waals surface area (Å²) in [5.74, 6) is 0. The topological polar surface area (TPSA) is 12.9 Å². The predicted molar refractivity (Wildman–Crippen MR) is 106 cm³/mol. The monoisotopic (exact) mass is 333 g/mol. The van der Waals surface area contributed by atoms with Crippen LogP contribution in [0.5, 0.6) is 0 Å². The summed E-state index contributed by atoms with van der Waals surface area (Å²) < 4.78 is 2.79. The van der Waals surface area contributed by atoms with E-state index < -0.39 is 8.07 Å². The molecule has 0 N–H and O–H groups in total. The zero-order valence-electron chi connectivity index (χ0n) is 13.6. The van der Waals surface area contributed by atoms with Crippen LogP contribution >= 0.6 is 11.3 Å². The first kappa shape index (κ1) is 14.6. The van der Waals surface area contributed by atoms with E-state index in [0.717, 1.165) is 5.69 Å². The number of aromatic nitrogens is 1. The van der Waals surface area contributed by atoms with Crippen molar-refractivity contribution in [2.24, 2.45) is 0 Å². The van der Waals surface area contributed by atoms with Crippen molar-refractivity contribution in [3.8, 4) is 11.3 Å². The first-order valence-corrected chi connectivity index (χ1v) is 12.2. The van der Waals surface area contributed by atoms with Gasteiger partial charge in [0.05, 0.1) is 13.8 Å². The van der Waals surface area contributed by atoms with Crippen molar-refractivity contribution in [3.63, 3.8) is 0 Å². The van der Waals surface area contributed by atoms with Crippen molar-refractivity contribution in [2.45, 2.75) is 19.6 Å². The zero-order chi connectivity index (χ0) is 16.0. The van der Waals surface area contributed by atoms with Gasteiger partial charge in [0, 0.05) is 31.9 Å². The van der Waals surface area contributed by atoms with Crippen LogP contribution in [0, 0.1) is 0 Å². The van der Waals surface area contributed by atoms with Crippen molar-refractivity contribution < 1.29 is 0 Å². The third-order valence-electron chi connectivity index (χ3n) is 4.26. The molecule has 4 rings (SSSR count). The fraction of sp³-hybridized carbons (Fsp3) is 0.150. The van der Waals surface area contributed by atoms with Gasteiger partial charge in [-0.3, -0.25) is 4.98 Å². The van der Waals surface area contributed by atoms with E-state index in [2.05, 4.69) is 68.2 Å². The summed E-state index contributed by atoms with van der Waals surface area (Å²) in [6, 6.07) is 19.4. The molecule has 0 saturated carbocycles. The average molecular weight is 334 g/mol. The van der Waals surface area contributed by atoms with Crippen LogP contribution in [0.25, 0.3) is 31.4 Å². The molecule has 0 bridgehead atoms. The highest BCUT2D eigenvalue weighted by molar-refractivity contribution is 7.27. The second-order valence-electron chi connectivity index (χ2n) is 6.97. The van der Waals surface area contributed by atoms with Gasteiger partial charge in [0.15, 0.2) is 0 Å². The van der Waals surface area contributed by atoms with Crippen molar-refractivity contribution in [1.29, 1.82) is 0 Å². The molecule has 1 nitrogen and oxygen atoms in total. The van der Waals surface area contributed by atoms with Gasteiger partial charge in [0.1, 0.15) is 0 Å². The maximum Gasteiger partial charge on any atom is 0.0794 e. The van der Waals surface area contributed by atoms with Gasteiger partial charge in [0.2, 0.25) is 0 Å². The zero-order valence-corrected chi connectivity index (χ0v) is 15.4. The lowest BCUT2D eigenvalue weighted by molar-refractivity contribution is 1.36. The molecule has 0 spiro atoms.